The third-order valence-electron chi connectivity index (χ3n) is 5.84. The van der Waals surface area contributed by atoms with Gasteiger partial charge in [-0.25, -0.2) is 0 Å². The van der Waals surface area contributed by atoms with Crippen LogP contribution in [0.3, 0.4) is 0 Å². The Hall–Kier alpha value is -3.53. The fourth-order valence-corrected chi connectivity index (χ4v) is 4.18. The lowest BCUT2D eigenvalue weighted by molar-refractivity contribution is -0.147. The Morgan fingerprint density at radius 1 is 1.11 bits per heavy atom. The summed E-state index contributed by atoms with van der Waals surface area (Å²) in [5.74, 6) is 0.0339. The molecule has 1 aliphatic rings. The van der Waals surface area contributed by atoms with Gasteiger partial charge in [0.05, 0.1) is 13.2 Å². The molecule has 1 N–H and O–H groups in total. The number of nitrogens with one attached hydrogen (secondary N) is 1. The number of para-hydroxylation sites is 1. The number of ether oxygens (including phenoxy) is 4. The van der Waals surface area contributed by atoms with Crippen LogP contribution >= 0.6 is 0 Å². The molecule has 0 bridgehead atoms. The summed E-state index contributed by atoms with van der Waals surface area (Å²) in [6, 6.07) is 9.51. The largest absolute Gasteiger partial charge is 0.491 e. The molecule has 4 rings (SSSR count). The minimum absolute atomic E-state index is 0.192. The lowest BCUT2D eigenvalue weighted by Crippen LogP contribution is -2.38. The number of aromatic nitrogens is 1. The van der Waals surface area contributed by atoms with Crippen LogP contribution in [0.5, 0.6) is 17.2 Å². The summed E-state index contributed by atoms with van der Waals surface area (Å²) in [5.41, 5.74) is 2.10. The average Bonchev–Trinajstić information content (AvgIpc) is 3.26. The van der Waals surface area contributed by atoms with E-state index in [9.17, 15) is 9.18 Å². The van der Waals surface area contributed by atoms with Crippen LogP contribution in [-0.4, -0.2) is 55.0 Å². The molecule has 0 atom stereocenters. The Labute approximate surface area is 209 Å². The van der Waals surface area contributed by atoms with Crippen molar-refractivity contribution < 1.29 is 32.5 Å². The first kappa shape index (κ1) is 25.6. The van der Waals surface area contributed by atoms with Crippen LogP contribution in [-0.2, 0) is 16.1 Å². The number of nitrogens with zero attached hydrogens (tertiary/aromatic N) is 2. The molecular weight excluding hydrogens is 469 g/mol. The van der Waals surface area contributed by atoms with Crippen LogP contribution < -0.4 is 19.5 Å². The zero-order chi connectivity index (χ0) is 25.5. The normalized spacial score (nSPS) is 14.6. The Kier molecular flexibility index (Phi) is 8.48. The van der Waals surface area contributed by atoms with Gasteiger partial charge in [0, 0.05) is 32.6 Å². The highest BCUT2D eigenvalue weighted by Crippen LogP contribution is 2.31. The first-order valence-corrected chi connectivity index (χ1v) is 12.2. The van der Waals surface area contributed by atoms with E-state index in [-0.39, 0.29) is 24.3 Å². The molecular formula is C26H32FN3O6. The number of benzene rings is 2. The third kappa shape index (κ3) is 6.37. The molecule has 194 valence electrons. The zero-order valence-electron chi connectivity index (χ0n) is 20.8. The molecule has 2 heterocycles. The first-order chi connectivity index (χ1) is 17.5. The predicted octanol–water partition coefficient (Wildman–Crippen LogP) is 4.74. The van der Waals surface area contributed by atoms with Crippen LogP contribution in [0.25, 0.3) is 11.1 Å². The summed E-state index contributed by atoms with van der Waals surface area (Å²) in [5, 5.41) is 3.38. The molecule has 1 fully saturated rings. The number of halogens is 1. The lowest BCUT2D eigenvalue weighted by atomic mass is 10.0. The van der Waals surface area contributed by atoms with Gasteiger partial charge in [-0.2, -0.15) is 9.37 Å². The fourth-order valence-electron chi connectivity index (χ4n) is 4.18. The van der Waals surface area contributed by atoms with Crippen LogP contribution in [0.2, 0.25) is 0 Å². The second kappa shape index (κ2) is 11.9. The number of hydrogen-bond donors (Lipinski definition) is 1. The van der Waals surface area contributed by atoms with Gasteiger partial charge in [0.25, 0.3) is 6.01 Å². The second-order valence-electron chi connectivity index (χ2n) is 8.49. The zero-order valence-corrected chi connectivity index (χ0v) is 20.8. The summed E-state index contributed by atoms with van der Waals surface area (Å²) < 4.78 is 41.7. The van der Waals surface area contributed by atoms with Gasteiger partial charge in [0.2, 0.25) is 12.6 Å². The van der Waals surface area contributed by atoms with Crippen LogP contribution in [0.15, 0.2) is 34.7 Å². The van der Waals surface area contributed by atoms with Crippen molar-refractivity contribution in [1.29, 1.82) is 0 Å². The highest BCUT2D eigenvalue weighted by Gasteiger charge is 2.22. The highest BCUT2D eigenvalue weighted by atomic mass is 19.1. The number of oxazole rings is 1. The molecule has 0 radical (unpaired) electrons. The van der Waals surface area contributed by atoms with E-state index >= 15 is 0 Å². The predicted molar refractivity (Wildman–Crippen MR) is 132 cm³/mol. The minimum Gasteiger partial charge on any atom is -0.491 e. The number of esters is 1. The molecule has 0 amide bonds. The number of piperidine rings is 1. The first-order valence-electron chi connectivity index (χ1n) is 12.2. The second-order valence-corrected chi connectivity index (χ2v) is 8.49. The molecule has 0 saturated carbocycles. The van der Waals surface area contributed by atoms with Crippen molar-refractivity contribution >= 4 is 23.1 Å². The number of carbonyl (C=O) groups excluding carboxylic acids is 1. The number of rotatable bonds is 11. The lowest BCUT2D eigenvalue weighted by Gasteiger charge is -2.32. The molecule has 10 heteroatoms. The van der Waals surface area contributed by atoms with Gasteiger partial charge in [0.1, 0.15) is 5.52 Å². The fraction of sp³-hybridized carbons (Fsp3) is 0.462. The minimum atomic E-state index is -0.455. The summed E-state index contributed by atoms with van der Waals surface area (Å²) in [6.45, 7) is 7.97. The van der Waals surface area contributed by atoms with E-state index in [1.807, 2.05) is 19.9 Å². The van der Waals surface area contributed by atoms with Gasteiger partial charge in [-0.05, 0) is 56.5 Å². The van der Waals surface area contributed by atoms with Gasteiger partial charge in [-0.3, -0.25) is 9.69 Å². The Morgan fingerprint density at radius 3 is 2.44 bits per heavy atom. The van der Waals surface area contributed by atoms with E-state index in [1.54, 1.807) is 24.3 Å². The molecule has 3 aromatic rings. The molecule has 1 aromatic heterocycles. The third-order valence-corrected chi connectivity index (χ3v) is 5.84. The smallest absolute Gasteiger partial charge is 0.305 e. The Bertz CT molecular complexity index is 1150. The maximum absolute atomic E-state index is 14.5. The monoisotopic (exact) mass is 501 g/mol. The molecule has 1 aliphatic heterocycles. The van der Waals surface area contributed by atoms with E-state index in [2.05, 4.69) is 15.2 Å². The number of hydrogen-bond acceptors (Lipinski definition) is 9. The van der Waals surface area contributed by atoms with E-state index < -0.39 is 11.8 Å². The summed E-state index contributed by atoms with van der Waals surface area (Å²) in [7, 11) is 0. The molecule has 1 saturated heterocycles. The van der Waals surface area contributed by atoms with Crippen LogP contribution in [0, 0.1) is 5.82 Å². The number of carbonyl (C=O) groups is 1. The molecule has 9 nitrogen and oxygen atoms in total. The van der Waals surface area contributed by atoms with Gasteiger partial charge in [0.15, 0.2) is 22.8 Å². The number of anilines is 1. The summed E-state index contributed by atoms with van der Waals surface area (Å²) in [6.07, 6.45) is 1.79. The molecule has 0 spiro atoms. The molecule has 2 aromatic carbocycles. The Balaban J connectivity index is 1.34. The highest BCUT2D eigenvalue weighted by molar-refractivity contribution is 5.80. The maximum Gasteiger partial charge on any atom is 0.305 e. The van der Waals surface area contributed by atoms with Gasteiger partial charge >= 0.3 is 5.97 Å². The van der Waals surface area contributed by atoms with Gasteiger partial charge < -0.3 is 28.7 Å². The summed E-state index contributed by atoms with van der Waals surface area (Å²) in [4.78, 5) is 17.8. The van der Waals surface area contributed by atoms with Crippen molar-refractivity contribution in [3.05, 3.63) is 41.7 Å². The van der Waals surface area contributed by atoms with Crippen LogP contribution in [0.1, 0.15) is 39.2 Å². The van der Waals surface area contributed by atoms with Crippen molar-refractivity contribution in [1.82, 2.24) is 9.88 Å². The SMILES string of the molecule is CCOc1cc(CN2CCC(Nc3nc4cccc(OCOC(C)=O)c4o3)CC2)cc(OCC)c1F. The van der Waals surface area contributed by atoms with Crippen molar-refractivity contribution in [3.8, 4) is 17.2 Å². The van der Waals surface area contributed by atoms with Crippen molar-refractivity contribution in [2.75, 3.05) is 38.4 Å². The topological polar surface area (TPSA) is 95.3 Å². The quantitative estimate of drug-likeness (QED) is 0.295. The molecule has 36 heavy (non-hydrogen) atoms. The summed E-state index contributed by atoms with van der Waals surface area (Å²) >= 11 is 0. The van der Waals surface area contributed by atoms with Crippen molar-refractivity contribution in [3.63, 3.8) is 0 Å². The van der Waals surface area contributed by atoms with Crippen molar-refractivity contribution in [2.24, 2.45) is 0 Å². The maximum atomic E-state index is 14.5. The van der Waals surface area contributed by atoms with E-state index in [1.165, 1.54) is 6.92 Å². The average molecular weight is 502 g/mol. The van der Waals surface area contributed by atoms with Gasteiger partial charge in [-0.1, -0.05) is 6.07 Å². The van der Waals surface area contributed by atoms with Gasteiger partial charge in [-0.15, -0.1) is 0 Å². The van der Waals surface area contributed by atoms with Crippen molar-refractivity contribution in [2.45, 2.75) is 46.2 Å². The standard InChI is InChI=1S/C26H32FN3O6/c1-4-32-22-13-18(14-23(24(22)27)33-5-2)15-30-11-9-19(10-12-30)28-26-29-20-7-6-8-21(25(20)36-26)35-16-34-17(3)31/h6-8,13-14,19H,4-5,9-12,15-16H2,1-3H3,(H,28,29). The molecule has 0 aliphatic carbocycles. The number of fused-ring (bicyclic) bond motifs is 1. The number of likely N-dealkylation sites (tertiary alicyclic amines) is 1. The van der Waals surface area contributed by atoms with E-state index in [0.717, 1.165) is 31.5 Å². The van der Waals surface area contributed by atoms with E-state index in [0.29, 0.717) is 42.6 Å². The van der Waals surface area contributed by atoms with Crippen LogP contribution in [0.4, 0.5) is 10.4 Å². The van der Waals surface area contributed by atoms with E-state index in [4.69, 9.17) is 23.4 Å². The Morgan fingerprint density at radius 2 is 1.81 bits per heavy atom. The molecule has 0 unspecified atom stereocenters.